The van der Waals surface area contributed by atoms with Gasteiger partial charge in [0.05, 0.1) is 0 Å². The van der Waals surface area contributed by atoms with E-state index in [9.17, 15) is 22.8 Å². The van der Waals surface area contributed by atoms with Crippen molar-refractivity contribution < 1.29 is 27.9 Å². The number of carboxylic acid groups (broad SMARTS) is 1. The molecule has 0 saturated heterocycles. The lowest BCUT2D eigenvalue weighted by molar-refractivity contribution is -0.211. The average Bonchev–Trinajstić information content (AvgIpc) is 2.29. The van der Waals surface area contributed by atoms with Crippen molar-refractivity contribution in [1.82, 2.24) is 5.32 Å². The quantitative estimate of drug-likeness (QED) is 0.838. The maximum Gasteiger partial charge on any atom is 0.402 e. The lowest BCUT2D eigenvalue weighted by Crippen LogP contribution is -2.50. The Balaban J connectivity index is 2.48. The van der Waals surface area contributed by atoms with Gasteiger partial charge in [-0.3, -0.25) is 9.59 Å². The molecule has 4 nitrogen and oxygen atoms in total. The van der Waals surface area contributed by atoms with Gasteiger partial charge in [-0.1, -0.05) is 0 Å². The average molecular weight is 295 g/mol. The Bertz CT molecular complexity index is 372. The summed E-state index contributed by atoms with van der Waals surface area (Å²) < 4.78 is 38.2. The van der Waals surface area contributed by atoms with Crippen molar-refractivity contribution in [3.63, 3.8) is 0 Å². The number of carboxylic acids is 1. The molecule has 1 saturated carbocycles. The Labute approximate surface area is 115 Å². The second-order valence-corrected chi connectivity index (χ2v) is 5.91. The van der Waals surface area contributed by atoms with Gasteiger partial charge in [0.2, 0.25) is 5.91 Å². The number of rotatable bonds is 4. The number of halogens is 3. The number of hydrogen-bond acceptors (Lipinski definition) is 2. The largest absolute Gasteiger partial charge is 0.481 e. The first-order valence-corrected chi connectivity index (χ1v) is 6.63. The van der Waals surface area contributed by atoms with Crippen LogP contribution in [0, 0.1) is 11.3 Å². The summed E-state index contributed by atoms with van der Waals surface area (Å²) in [6, 6.07) is -0.297. The number of nitrogens with one attached hydrogen (secondary N) is 1. The van der Waals surface area contributed by atoms with E-state index in [-0.39, 0.29) is 18.4 Å². The first-order chi connectivity index (χ1) is 9.04. The van der Waals surface area contributed by atoms with Crippen LogP contribution in [0.25, 0.3) is 0 Å². The summed E-state index contributed by atoms with van der Waals surface area (Å²) in [6.45, 7) is 1.72. The van der Waals surface area contributed by atoms with E-state index in [0.29, 0.717) is 25.7 Å². The van der Waals surface area contributed by atoms with E-state index >= 15 is 0 Å². The van der Waals surface area contributed by atoms with Crippen molar-refractivity contribution in [1.29, 1.82) is 0 Å². The molecule has 0 radical (unpaired) electrons. The SMILES string of the molecule is CC(C)(C(=O)NC1CCC(CC(=O)O)CC1)C(F)(F)F. The summed E-state index contributed by atoms with van der Waals surface area (Å²) in [6.07, 6.45) is -2.23. The first kappa shape index (κ1) is 16.8. The van der Waals surface area contributed by atoms with Crippen LogP contribution in [0.2, 0.25) is 0 Å². The van der Waals surface area contributed by atoms with E-state index < -0.39 is 23.5 Å². The third kappa shape index (κ3) is 4.11. The van der Waals surface area contributed by atoms with Crippen molar-refractivity contribution in [3.05, 3.63) is 0 Å². The Morgan fingerprint density at radius 1 is 1.15 bits per heavy atom. The number of amides is 1. The first-order valence-electron chi connectivity index (χ1n) is 6.63. The molecule has 20 heavy (non-hydrogen) atoms. The summed E-state index contributed by atoms with van der Waals surface area (Å²) >= 11 is 0. The number of alkyl halides is 3. The van der Waals surface area contributed by atoms with Gasteiger partial charge in [-0.25, -0.2) is 0 Å². The van der Waals surface area contributed by atoms with Gasteiger partial charge in [0.15, 0.2) is 0 Å². The molecule has 1 amide bonds. The van der Waals surface area contributed by atoms with Gasteiger partial charge in [0, 0.05) is 12.5 Å². The van der Waals surface area contributed by atoms with Crippen LogP contribution in [-0.4, -0.2) is 29.2 Å². The summed E-state index contributed by atoms with van der Waals surface area (Å²) in [7, 11) is 0. The lowest BCUT2D eigenvalue weighted by Gasteiger charge is -2.32. The molecule has 0 atom stereocenters. The summed E-state index contributed by atoms with van der Waals surface area (Å²) in [5.41, 5.74) is -2.41. The topological polar surface area (TPSA) is 66.4 Å². The molecule has 1 aliphatic carbocycles. The molecule has 2 N–H and O–H groups in total. The number of hydrogen-bond donors (Lipinski definition) is 2. The van der Waals surface area contributed by atoms with Crippen LogP contribution in [0.15, 0.2) is 0 Å². The van der Waals surface area contributed by atoms with Gasteiger partial charge in [-0.05, 0) is 45.4 Å². The minimum Gasteiger partial charge on any atom is -0.481 e. The van der Waals surface area contributed by atoms with Crippen LogP contribution in [0.4, 0.5) is 13.2 Å². The van der Waals surface area contributed by atoms with E-state index in [4.69, 9.17) is 5.11 Å². The van der Waals surface area contributed by atoms with E-state index in [0.717, 1.165) is 13.8 Å². The molecule has 0 aromatic carbocycles. The predicted molar refractivity (Wildman–Crippen MR) is 66.0 cm³/mol. The fourth-order valence-corrected chi connectivity index (χ4v) is 2.25. The van der Waals surface area contributed by atoms with Crippen molar-refractivity contribution in [3.8, 4) is 0 Å². The van der Waals surface area contributed by atoms with Gasteiger partial charge < -0.3 is 10.4 Å². The minimum absolute atomic E-state index is 0.0521. The molecule has 0 bridgehead atoms. The lowest BCUT2D eigenvalue weighted by atomic mass is 9.83. The van der Waals surface area contributed by atoms with Gasteiger partial charge >= 0.3 is 12.1 Å². The predicted octanol–water partition coefficient (Wildman–Crippen LogP) is 2.72. The zero-order valence-electron chi connectivity index (χ0n) is 11.6. The van der Waals surface area contributed by atoms with E-state index in [1.165, 1.54) is 0 Å². The van der Waals surface area contributed by atoms with Crippen molar-refractivity contribution in [2.45, 2.75) is 58.2 Å². The summed E-state index contributed by atoms with van der Waals surface area (Å²) in [5.74, 6) is -1.83. The maximum atomic E-state index is 12.7. The Morgan fingerprint density at radius 3 is 2.05 bits per heavy atom. The molecule has 0 aromatic heterocycles. The third-order valence-electron chi connectivity index (χ3n) is 3.92. The maximum absolute atomic E-state index is 12.7. The van der Waals surface area contributed by atoms with E-state index in [2.05, 4.69) is 5.32 Å². The molecule has 1 rings (SSSR count). The van der Waals surface area contributed by atoms with Gasteiger partial charge in [0.25, 0.3) is 0 Å². The fourth-order valence-electron chi connectivity index (χ4n) is 2.25. The van der Waals surface area contributed by atoms with E-state index in [1.54, 1.807) is 0 Å². The molecule has 7 heteroatoms. The highest BCUT2D eigenvalue weighted by Gasteiger charge is 2.53. The fraction of sp³-hybridized carbons (Fsp3) is 0.846. The van der Waals surface area contributed by atoms with Crippen LogP contribution < -0.4 is 5.32 Å². The highest BCUT2D eigenvalue weighted by atomic mass is 19.4. The molecule has 1 fully saturated rings. The van der Waals surface area contributed by atoms with Gasteiger partial charge in [-0.15, -0.1) is 0 Å². The summed E-state index contributed by atoms with van der Waals surface area (Å²) in [4.78, 5) is 22.3. The second-order valence-electron chi connectivity index (χ2n) is 5.91. The van der Waals surface area contributed by atoms with Crippen molar-refractivity contribution in [2.24, 2.45) is 11.3 Å². The number of carbonyl (C=O) groups is 2. The zero-order chi connectivity index (χ0) is 15.6. The normalized spacial score (nSPS) is 24.2. The molecule has 116 valence electrons. The molecule has 0 heterocycles. The van der Waals surface area contributed by atoms with Crippen LogP contribution in [0.1, 0.15) is 46.0 Å². The second kappa shape index (κ2) is 6.01. The van der Waals surface area contributed by atoms with Gasteiger partial charge in [0.1, 0.15) is 5.41 Å². The van der Waals surface area contributed by atoms with E-state index in [1.807, 2.05) is 0 Å². The number of aliphatic carboxylic acids is 1. The standard InChI is InChI=1S/C13H20F3NO3/c1-12(2,13(14,15)16)11(20)17-9-5-3-8(4-6-9)7-10(18)19/h8-9H,3-7H2,1-2H3,(H,17,20)(H,18,19). The number of carbonyl (C=O) groups excluding carboxylic acids is 1. The molecule has 1 aliphatic rings. The van der Waals surface area contributed by atoms with Crippen molar-refractivity contribution in [2.75, 3.05) is 0 Å². The van der Waals surface area contributed by atoms with Crippen LogP contribution in [0.5, 0.6) is 0 Å². The molecular weight excluding hydrogens is 275 g/mol. The smallest absolute Gasteiger partial charge is 0.402 e. The zero-order valence-corrected chi connectivity index (χ0v) is 11.6. The minimum atomic E-state index is -4.59. The molecule has 0 aliphatic heterocycles. The molecule has 0 aromatic rings. The highest BCUT2D eigenvalue weighted by Crippen LogP contribution is 2.38. The van der Waals surface area contributed by atoms with Crippen LogP contribution in [0.3, 0.4) is 0 Å². The van der Waals surface area contributed by atoms with Crippen molar-refractivity contribution >= 4 is 11.9 Å². The van der Waals surface area contributed by atoms with Gasteiger partial charge in [-0.2, -0.15) is 13.2 Å². The Hall–Kier alpha value is -1.27. The van der Waals surface area contributed by atoms with Crippen LogP contribution >= 0.6 is 0 Å². The van der Waals surface area contributed by atoms with Crippen LogP contribution in [-0.2, 0) is 9.59 Å². The Kier molecular flexibility index (Phi) is 5.05. The highest BCUT2D eigenvalue weighted by molar-refractivity contribution is 5.83. The third-order valence-corrected chi connectivity index (χ3v) is 3.92. The molecular formula is C13H20F3NO3. The Morgan fingerprint density at radius 2 is 1.65 bits per heavy atom. The summed E-state index contributed by atoms with van der Waals surface area (Å²) in [5, 5.41) is 11.1. The molecule has 0 spiro atoms. The monoisotopic (exact) mass is 295 g/mol. The molecule has 0 unspecified atom stereocenters.